The lowest BCUT2D eigenvalue weighted by Gasteiger charge is -2.36. The molecule has 160 valence electrons. The zero-order valence-corrected chi connectivity index (χ0v) is 18.2. The topological polar surface area (TPSA) is 92.1 Å². The van der Waals surface area contributed by atoms with Gasteiger partial charge in [0, 0.05) is 58.7 Å². The van der Waals surface area contributed by atoms with Gasteiger partial charge in [-0.15, -0.1) is 0 Å². The van der Waals surface area contributed by atoms with Crippen molar-refractivity contribution in [2.75, 3.05) is 52.1 Å². The van der Waals surface area contributed by atoms with Gasteiger partial charge in [-0.25, -0.2) is 8.42 Å². The number of aliphatic imine (C=N–C) groups is 1. The zero-order chi connectivity index (χ0) is 20.6. The molecule has 1 unspecified atom stereocenters. The highest BCUT2D eigenvalue weighted by molar-refractivity contribution is 7.89. The molecule has 0 bridgehead atoms. The van der Waals surface area contributed by atoms with E-state index in [1.54, 1.807) is 17.5 Å². The molecule has 1 aromatic heterocycles. The minimum absolute atomic E-state index is 0.0309. The molecule has 0 saturated carbocycles. The summed E-state index contributed by atoms with van der Waals surface area (Å²) in [6.07, 6.45) is 3.77. The fraction of sp³-hybridized carbons (Fsp3) is 0.778. The maximum Gasteiger partial charge on any atom is 0.216 e. The molecule has 1 atom stereocenters. The van der Waals surface area contributed by atoms with Gasteiger partial charge in [-0.2, -0.15) is 9.40 Å². The van der Waals surface area contributed by atoms with E-state index in [9.17, 15) is 8.42 Å². The van der Waals surface area contributed by atoms with Crippen LogP contribution in [0.4, 0.5) is 0 Å². The summed E-state index contributed by atoms with van der Waals surface area (Å²) in [6, 6.07) is 1.92. The number of ether oxygens (including phenoxy) is 1. The summed E-state index contributed by atoms with van der Waals surface area (Å²) in [5, 5.41) is 7.63. The Bertz CT molecular complexity index is 697. The molecule has 1 fully saturated rings. The molecule has 0 aliphatic carbocycles. The van der Waals surface area contributed by atoms with Crippen LogP contribution in [0.25, 0.3) is 0 Å². The Hall–Kier alpha value is -1.65. The van der Waals surface area contributed by atoms with Crippen molar-refractivity contribution in [2.45, 2.75) is 33.4 Å². The Kier molecular flexibility index (Phi) is 8.71. The number of hydrogen-bond acceptors (Lipinski definition) is 5. The molecule has 1 saturated heterocycles. The standard InChI is InChI=1S/C18H34N6O3S/c1-16(2)27-12-13-28(25,26)24-10-8-22(9-11-24)18(19-4)20-14-17(3)15-23-7-5-6-21-23/h5-7,16-17H,8-15H2,1-4H3,(H,19,20). The highest BCUT2D eigenvalue weighted by Gasteiger charge is 2.28. The first kappa shape index (κ1) is 22.6. The molecular weight excluding hydrogens is 380 g/mol. The molecule has 1 aliphatic heterocycles. The van der Waals surface area contributed by atoms with Crippen molar-refractivity contribution in [3.8, 4) is 0 Å². The van der Waals surface area contributed by atoms with E-state index in [0.717, 1.165) is 19.0 Å². The van der Waals surface area contributed by atoms with Crippen LogP contribution in [0.2, 0.25) is 0 Å². The summed E-state index contributed by atoms with van der Waals surface area (Å²) < 4.78 is 33.8. The second kappa shape index (κ2) is 10.8. The first-order chi connectivity index (χ1) is 13.3. The van der Waals surface area contributed by atoms with Crippen molar-refractivity contribution in [2.24, 2.45) is 10.9 Å². The minimum Gasteiger partial charge on any atom is -0.378 e. The second-order valence-corrected chi connectivity index (χ2v) is 9.47. The predicted octanol–water partition coefficient (Wildman–Crippen LogP) is 0.467. The van der Waals surface area contributed by atoms with E-state index in [0.29, 0.717) is 32.1 Å². The van der Waals surface area contributed by atoms with Crippen LogP contribution in [-0.2, 0) is 21.3 Å². The van der Waals surface area contributed by atoms with E-state index < -0.39 is 10.0 Å². The van der Waals surface area contributed by atoms with Crippen molar-refractivity contribution < 1.29 is 13.2 Å². The summed E-state index contributed by atoms with van der Waals surface area (Å²) in [7, 11) is -1.52. The van der Waals surface area contributed by atoms with Gasteiger partial charge in [-0.3, -0.25) is 9.67 Å². The molecule has 1 aliphatic rings. The van der Waals surface area contributed by atoms with Crippen LogP contribution in [-0.4, -0.2) is 91.6 Å². The van der Waals surface area contributed by atoms with Crippen molar-refractivity contribution in [1.82, 2.24) is 24.3 Å². The number of hydrogen-bond donors (Lipinski definition) is 1. The van der Waals surface area contributed by atoms with Crippen molar-refractivity contribution in [3.63, 3.8) is 0 Å². The Morgan fingerprint density at radius 1 is 1.25 bits per heavy atom. The zero-order valence-electron chi connectivity index (χ0n) is 17.4. The Morgan fingerprint density at radius 3 is 2.54 bits per heavy atom. The average molecular weight is 415 g/mol. The number of guanidine groups is 1. The Morgan fingerprint density at radius 2 is 1.96 bits per heavy atom. The number of nitrogens with zero attached hydrogens (tertiary/aromatic N) is 5. The minimum atomic E-state index is -3.28. The molecule has 9 nitrogen and oxygen atoms in total. The molecule has 0 aromatic carbocycles. The lowest BCUT2D eigenvalue weighted by Crippen LogP contribution is -2.54. The third kappa shape index (κ3) is 7.06. The molecule has 2 rings (SSSR count). The fourth-order valence-electron chi connectivity index (χ4n) is 3.09. The quantitative estimate of drug-likeness (QED) is 0.466. The van der Waals surface area contributed by atoms with Gasteiger partial charge in [-0.1, -0.05) is 6.92 Å². The van der Waals surface area contributed by atoms with Gasteiger partial charge in [0.25, 0.3) is 0 Å². The van der Waals surface area contributed by atoms with E-state index in [1.165, 1.54) is 0 Å². The first-order valence-electron chi connectivity index (χ1n) is 9.84. The monoisotopic (exact) mass is 414 g/mol. The van der Waals surface area contributed by atoms with Crippen molar-refractivity contribution in [3.05, 3.63) is 18.5 Å². The van der Waals surface area contributed by atoms with Crippen LogP contribution in [0.3, 0.4) is 0 Å². The van der Waals surface area contributed by atoms with E-state index in [1.807, 2.05) is 30.8 Å². The Labute approximate surface area is 168 Å². The van der Waals surface area contributed by atoms with E-state index in [4.69, 9.17) is 4.74 Å². The summed E-state index contributed by atoms with van der Waals surface area (Å²) in [5.74, 6) is 1.23. The van der Waals surface area contributed by atoms with E-state index >= 15 is 0 Å². The van der Waals surface area contributed by atoms with E-state index in [-0.39, 0.29) is 18.5 Å². The number of rotatable bonds is 9. The maximum absolute atomic E-state index is 12.5. The van der Waals surface area contributed by atoms with Crippen molar-refractivity contribution >= 4 is 16.0 Å². The third-order valence-corrected chi connectivity index (χ3v) is 6.44. The molecule has 1 aromatic rings. The Balaban J connectivity index is 1.77. The number of piperazine rings is 1. The lowest BCUT2D eigenvalue weighted by molar-refractivity contribution is 0.0904. The summed E-state index contributed by atoms with van der Waals surface area (Å²) in [4.78, 5) is 6.47. The predicted molar refractivity (Wildman–Crippen MR) is 111 cm³/mol. The first-order valence-corrected chi connectivity index (χ1v) is 11.4. The molecule has 10 heteroatoms. The van der Waals surface area contributed by atoms with Gasteiger partial charge < -0.3 is 15.0 Å². The highest BCUT2D eigenvalue weighted by atomic mass is 32.2. The van der Waals surface area contributed by atoms with Crippen LogP contribution in [0, 0.1) is 5.92 Å². The molecule has 0 spiro atoms. The molecule has 1 N–H and O–H groups in total. The number of sulfonamides is 1. The lowest BCUT2D eigenvalue weighted by atomic mass is 10.2. The SMILES string of the molecule is CN=C(NCC(C)Cn1cccn1)N1CCN(S(=O)(=O)CCOC(C)C)CC1. The van der Waals surface area contributed by atoms with Gasteiger partial charge in [0.05, 0.1) is 18.5 Å². The molecule has 0 amide bonds. The van der Waals surface area contributed by atoms with Crippen LogP contribution in [0.15, 0.2) is 23.5 Å². The van der Waals surface area contributed by atoms with E-state index in [2.05, 4.69) is 27.2 Å². The van der Waals surface area contributed by atoms with Crippen LogP contribution < -0.4 is 5.32 Å². The van der Waals surface area contributed by atoms with Crippen LogP contribution in [0.5, 0.6) is 0 Å². The molecule has 2 heterocycles. The van der Waals surface area contributed by atoms with Gasteiger partial charge in [-0.05, 0) is 25.8 Å². The normalized spacial score (nSPS) is 17.9. The van der Waals surface area contributed by atoms with Gasteiger partial charge in [0.2, 0.25) is 10.0 Å². The maximum atomic E-state index is 12.5. The fourth-order valence-corrected chi connectivity index (χ4v) is 4.37. The summed E-state index contributed by atoms with van der Waals surface area (Å²) in [6.45, 7) is 9.98. The second-order valence-electron chi connectivity index (χ2n) is 7.38. The number of aromatic nitrogens is 2. The van der Waals surface area contributed by atoms with Crippen LogP contribution >= 0.6 is 0 Å². The summed E-state index contributed by atoms with van der Waals surface area (Å²) in [5.41, 5.74) is 0. The summed E-state index contributed by atoms with van der Waals surface area (Å²) >= 11 is 0. The van der Waals surface area contributed by atoms with Gasteiger partial charge in [0.1, 0.15) is 0 Å². The van der Waals surface area contributed by atoms with Crippen LogP contribution in [0.1, 0.15) is 20.8 Å². The van der Waals surface area contributed by atoms with Gasteiger partial charge >= 0.3 is 0 Å². The van der Waals surface area contributed by atoms with Crippen molar-refractivity contribution in [1.29, 1.82) is 0 Å². The highest BCUT2D eigenvalue weighted by Crippen LogP contribution is 2.09. The average Bonchev–Trinajstić information content (AvgIpc) is 3.15. The molecule has 0 radical (unpaired) electrons. The number of nitrogens with one attached hydrogen (secondary N) is 1. The molecule has 28 heavy (non-hydrogen) atoms. The smallest absolute Gasteiger partial charge is 0.216 e. The third-order valence-electron chi connectivity index (χ3n) is 4.60. The van der Waals surface area contributed by atoms with Gasteiger partial charge in [0.15, 0.2) is 5.96 Å². The largest absolute Gasteiger partial charge is 0.378 e. The molecular formula is C18H34N6O3S.